The summed E-state index contributed by atoms with van der Waals surface area (Å²) >= 11 is 0. The number of nitrogens with one attached hydrogen (secondary N) is 1. The van der Waals surface area contributed by atoms with Crippen LogP contribution >= 0.6 is 0 Å². The highest BCUT2D eigenvalue weighted by Crippen LogP contribution is 2.26. The number of hydrogen-bond acceptors (Lipinski definition) is 4. The maximum Gasteiger partial charge on any atom is 0.256 e. The lowest BCUT2D eigenvalue weighted by atomic mass is 10.0. The average Bonchev–Trinajstić information content (AvgIpc) is 2.55. The number of carbonyl (C=O) groups is 1. The first-order valence-corrected chi connectivity index (χ1v) is 5.55. The van der Waals surface area contributed by atoms with E-state index in [2.05, 4.69) is 15.8 Å². The third kappa shape index (κ3) is 1.81. The van der Waals surface area contributed by atoms with Crippen LogP contribution < -0.4 is 5.43 Å². The maximum atomic E-state index is 12.3. The molecule has 0 aromatic rings. The van der Waals surface area contributed by atoms with Gasteiger partial charge in [-0.3, -0.25) is 10.2 Å². The SMILES string of the molecule is CC1=CN(C(C)(C)C)C(=O)C2N=NNC2C1. The number of nitrogens with zero attached hydrogens (tertiary/aromatic N) is 3. The predicted molar refractivity (Wildman–Crippen MR) is 60.5 cm³/mol. The van der Waals surface area contributed by atoms with Crippen LogP contribution in [0.5, 0.6) is 0 Å². The molecule has 2 aliphatic rings. The monoisotopic (exact) mass is 222 g/mol. The first-order valence-electron chi connectivity index (χ1n) is 5.55. The van der Waals surface area contributed by atoms with Crippen LogP contribution in [0.2, 0.25) is 0 Å². The molecule has 1 amide bonds. The lowest BCUT2D eigenvalue weighted by Gasteiger charge is -2.33. The van der Waals surface area contributed by atoms with Gasteiger partial charge in [-0.1, -0.05) is 10.8 Å². The number of fused-ring (bicyclic) bond motifs is 1. The van der Waals surface area contributed by atoms with E-state index in [4.69, 9.17) is 0 Å². The van der Waals surface area contributed by atoms with Crippen molar-refractivity contribution in [2.75, 3.05) is 0 Å². The molecule has 88 valence electrons. The molecule has 0 bridgehead atoms. The molecule has 2 heterocycles. The topological polar surface area (TPSA) is 57.1 Å². The van der Waals surface area contributed by atoms with Gasteiger partial charge in [0, 0.05) is 11.7 Å². The fourth-order valence-electron chi connectivity index (χ4n) is 2.05. The molecular formula is C11H18N4O. The van der Waals surface area contributed by atoms with Crippen LogP contribution in [-0.2, 0) is 4.79 Å². The van der Waals surface area contributed by atoms with Gasteiger partial charge >= 0.3 is 0 Å². The highest BCUT2D eigenvalue weighted by atomic mass is 16.2. The van der Waals surface area contributed by atoms with E-state index in [9.17, 15) is 4.79 Å². The van der Waals surface area contributed by atoms with Crippen molar-refractivity contribution in [3.8, 4) is 0 Å². The van der Waals surface area contributed by atoms with Gasteiger partial charge < -0.3 is 4.90 Å². The number of amides is 1. The molecule has 0 spiro atoms. The van der Waals surface area contributed by atoms with Crippen LogP contribution in [-0.4, -0.2) is 28.4 Å². The van der Waals surface area contributed by atoms with Gasteiger partial charge in [-0.05, 0) is 34.1 Å². The Balaban J connectivity index is 2.35. The highest BCUT2D eigenvalue weighted by molar-refractivity contribution is 5.85. The Morgan fingerprint density at radius 1 is 1.50 bits per heavy atom. The number of hydrogen-bond donors (Lipinski definition) is 1. The standard InChI is InChI=1S/C11H18N4O/c1-7-5-8-9(13-14-12-8)10(16)15(6-7)11(2,3)4/h6,8-9H,5H2,1-4H3,(H,12,13). The van der Waals surface area contributed by atoms with Gasteiger partial charge in [0.25, 0.3) is 5.91 Å². The largest absolute Gasteiger partial charge is 0.312 e. The first-order chi connectivity index (χ1) is 7.39. The molecule has 2 atom stereocenters. The predicted octanol–water partition coefficient (Wildman–Crippen LogP) is 1.63. The van der Waals surface area contributed by atoms with E-state index in [-0.39, 0.29) is 23.5 Å². The van der Waals surface area contributed by atoms with Crippen molar-refractivity contribution in [2.24, 2.45) is 10.3 Å². The maximum absolute atomic E-state index is 12.3. The summed E-state index contributed by atoms with van der Waals surface area (Å²) in [5.41, 5.74) is 3.86. The fourth-order valence-corrected chi connectivity index (χ4v) is 2.05. The molecule has 0 saturated carbocycles. The smallest absolute Gasteiger partial charge is 0.256 e. The quantitative estimate of drug-likeness (QED) is 0.677. The molecule has 16 heavy (non-hydrogen) atoms. The Morgan fingerprint density at radius 2 is 2.19 bits per heavy atom. The van der Waals surface area contributed by atoms with Crippen LogP contribution in [0, 0.1) is 0 Å². The lowest BCUT2D eigenvalue weighted by molar-refractivity contribution is -0.133. The second-order valence-corrected chi connectivity index (χ2v) is 5.45. The molecule has 2 aliphatic heterocycles. The first kappa shape index (κ1) is 11.1. The number of rotatable bonds is 0. The third-order valence-corrected chi connectivity index (χ3v) is 2.89. The van der Waals surface area contributed by atoms with E-state index in [1.807, 2.05) is 33.9 Å². The number of carbonyl (C=O) groups excluding carboxylic acids is 1. The lowest BCUT2D eigenvalue weighted by Crippen LogP contribution is -2.48. The van der Waals surface area contributed by atoms with E-state index < -0.39 is 0 Å². The summed E-state index contributed by atoms with van der Waals surface area (Å²) in [6.45, 7) is 8.10. The molecule has 1 N–H and O–H groups in total. The van der Waals surface area contributed by atoms with Crippen molar-refractivity contribution in [3.63, 3.8) is 0 Å². The van der Waals surface area contributed by atoms with Crippen LogP contribution in [0.3, 0.4) is 0 Å². The summed E-state index contributed by atoms with van der Waals surface area (Å²) in [5.74, 6) is 0.0306. The molecule has 0 fully saturated rings. The second kappa shape index (κ2) is 3.57. The van der Waals surface area contributed by atoms with E-state index >= 15 is 0 Å². The van der Waals surface area contributed by atoms with Crippen molar-refractivity contribution < 1.29 is 4.79 Å². The van der Waals surface area contributed by atoms with Gasteiger partial charge in [0.2, 0.25) is 0 Å². The average molecular weight is 222 g/mol. The van der Waals surface area contributed by atoms with Crippen molar-refractivity contribution >= 4 is 5.91 Å². The van der Waals surface area contributed by atoms with E-state index in [0.29, 0.717) is 0 Å². The molecule has 0 radical (unpaired) electrons. The van der Waals surface area contributed by atoms with Crippen LogP contribution in [0.4, 0.5) is 0 Å². The summed E-state index contributed by atoms with van der Waals surface area (Å²) in [7, 11) is 0. The van der Waals surface area contributed by atoms with Crippen LogP contribution in [0.25, 0.3) is 0 Å². The summed E-state index contributed by atoms with van der Waals surface area (Å²) < 4.78 is 0. The van der Waals surface area contributed by atoms with Crippen LogP contribution in [0.1, 0.15) is 34.1 Å². The molecule has 2 unspecified atom stereocenters. The highest BCUT2D eigenvalue weighted by Gasteiger charge is 2.40. The molecule has 0 aliphatic carbocycles. The van der Waals surface area contributed by atoms with Crippen molar-refractivity contribution in [1.82, 2.24) is 10.3 Å². The fraction of sp³-hybridized carbons (Fsp3) is 0.727. The van der Waals surface area contributed by atoms with Gasteiger partial charge in [0.1, 0.15) is 0 Å². The Labute approximate surface area is 95.6 Å². The zero-order valence-electron chi connectivity index (χ0n) is 10.2. The minimum absolute atomic E-state index is 0.0242. The molecule has 2 rings (SSSR count). The van der Waals surface area contributed by atoms with Gasteiger partial charge in [-0.2, -0.15) is 5.11 Å². The van der Waals surface area contributed by atoms with E-state index in [1.54, 1.807) is 4.90 Å². The third-order valence-electron chi connectivity index (χ3n) is 2.89. The molecule has 5 heteroatoms. The van der Waals surface area contributed by atoms with E-state index in [1.165, 1.54) is 5.57 Å². The van der Waals surface area contributed by atoms with Gasteiger partial charge in [-0.25, -0.2) is 0 Å². The zero-order valence-corrected chi connectivity index (χ0v) is 10.2. The van der Waals surface area contributed by atoms with Crippen molar-refractivity contribution in [3.05, 3.63) is 11.8 Å². The molecule has 0 saturated heterocycles. The molecule has 5 nitrogen and oxygen atoms in total. The Bertz CT molecular complexity index is 367. The molecular weight excluding hydrogens is 204 g/mol. The Kier molecular flexibility index (Phi) is 2.48. The normalized spacial score (nSPS) is 29.6. The van der Waals surface area contributed by atoms with E-state index in [0.717, 1.165) is 6.42 Å². The van der Waals surface area contributed by atoms with Gasteiger partial charge in [-0.15, -0.1) is 0 Å². The Hall–Kier alpha value is -1.39. The summed E-state index contributed by atoms with van der Waals surface area (Å²) in [4.78, 5) is 14.1. The van der Waals surface area contributed by atoms with Crippen LogP contribution in [0.15, 0.2) is 22.1 Å². The minimum Gasteiger partial charge on any atom is -0.312 e. The summed E-state index contributed by atoms with van der Waals surface area (Å²) in [5, 5.41) is 7.76. The summed E-state index contributed by atoms with van der Waals surface area (Å²) in [6.07, 6.45) is 2.76. The van der Waals surface area contributed by atoms with Crippen molar-refractivity contribution in [1.29, 1.82) is 0 Å². The Morgan fingerprint density at radius 3 is 2.81 bits per heavy atom. The zero-order chi connectivity index (χ0) is 11.9. The van der Waals surface area contributed by atoms with Crippen molar-refractivity contribution in [2.45, 2.75) is 51.7 Å². The second-order valence-electron chi connectivity index (χ2n) is 5.45. The van der Waals surface area contributed by atoms with Gasteiger partial charge in [0.05, 0.1) is 6.04 Å². The minimum atomic E-state index is -0.368. The molecule has 0 aromatic heterocycles. The summed E-state index contributed by atoms with van der Waals surface area (Å²) in [6, 6.07) is -0.343. The molecule has 0 aromatic carbocycles. The van der Waals surface area contributed by atoms with Gasteiger partial charge in [0.15, 0.2) is 6.04 Å².